The SMILES string of the molecule is CN(C)C(=O)Nc1snc(OCCCCCCCl)c1C(=O)O. The molecule has 0 aliphatic heterocycles. The minimum absolute atomic E-state index is 0.0453. The second kappa shape index (κ2) is 9.47. The summed E-state index contributed by atoms with van der Waals surface area (Å²) in [6.45, 7) is 0.382. The summed E-state index contributed by atoms with van der Waals surface area (Å²) in [5, 5.41) is 11.9. The smallest absolute Gasteiger partial charge is 0.344 e. The fourth-order valence-electron chi connectivity index (χ4n) is 1.58. The van der Waals surface area contributed by atoms with E-state index in [1.54, 1.807) is 14.1 Å². The molecule has 1 rings (SSSR count). The molecule has 9 heteroatoms. The van der Waals surface area contributed by atoms with E-state index in [9.17, 15) is 14.7 Å². The number of aromatic carboxylic acids is 1. The summed E-state index contributed by atoms with van der Waals surface area (Å²) >= 11 is 6.48. The number of halogens is 1. The number of unbranched alkanes of at least 4 members (excludes halogenated alkanes) is 3. The van der Waals surface area contributed by atoms with Gasteiger partial charge < -0.3 is 14.7 Å². The quantitative estimate of drug-likeness (QED) is 0.528. The van der Waals surface area contributed by atoms with Crippen LogP contribution < -0.4 is 10.1 Å². The highest BCUT2D eigenvalue weighted by Gasteiger charge is 2.23. The Kier molecular flexibility index (Phi) is 7.97. The fourth-order valence-corrected chi connectivity index (χ4v) is 2.48. The van der Waals surface area contributed by atoms with Crippen LogP contribution in [0.4, 0.5) is 9.80 Å². The second-order valence-electron chi connectivity index (χ2n) is 4.77. The van der Waals surface area contributed by atoms with Gasteiger partial charge in [-0.3, -0.25) is 5.32 Å². The zero-order valence-corrected chi connectivity index (χ0v) is 14.2. The predicted molar refractivity (Wildman–Crippen MR) is 86.5 cm³/mol. The molecule has 124 valence electrons. The molecule has 2 N–H and O–H groups in total. The molecule has 0 aliphatic carbocycles. The van der Waals surface area contributed by atoms with Gasteiger partial charge >= 0.3 is 12.0 Å². The molecule has 1 aromatic rings. The lowest BCUT2D eigenvalue weighted by Gasteiger charge is -2.10. The molecule has 7 nitrogen and oxygen atoms in total. The maximum Gasteiger partial charge on any atom is 0.344 e. The Balaban J connectivity index is 2.62. The number of anilines is 1. The van der Waals surface area contributed by atoms with Gasteiger partial charge in [0.05, 0.1) is 6.61 Å². The molecule has 0 unspecified atom stereocenters. The third-order valence-electron chi connectivity index (χ3n) is 2.77. The third-order valence-corrected chi connectivity index (χ3v) is 3.78. The number of carbonyl (C=O) groups is 2. The molecule has 0 saturated heterocycles. The molecular weight excluding hydrogens is 330 g/mol. The van der Waals surface area contributed by atoms with Crippen molar-refractivity contribution in [1.29, 1.82) is 0 Å². The number of carboxylic acid groups (broad SMARTS) is 1. The molecule has 22 heavy (non-hydrogen) atoms. The molecule has 1 heterocycles. The fraction of sp³-hybridized carbons (Fsp3) is 0.615. The molecule has 0 bridgehead atoms. The van der Waals surface area contributed by atoms with Crippen LogP contribution in [0.1, 0.15) is 36.0 Å². The molecular formula is C13H20ClN3O4S. The van der Waals surface area contributed by atoms with Gasteiger partial charge in [0.25, 0.3) is 0 Å². The summed E-state index contributed by atoms with van der Waals surface area (Å²) in [6, 6.07) is -0.418. The first kappa shape index (κ1) is 18.5. The van der Waals surface area contributed by atoms with E-state index in [0.29, 0.717) is 12.5 Å². The van der Waals surface area contributed by atoms with Crippen LogP contribution in [-0.4, -0.2) is 53.0 Å². The van der Waals surface area contributed by atoms with Crippen LogP contribution in [0.15, 0.2) is 0 Å². The van der Waals surface area contributed by atoms with Gasteiger partial charge in [-0.15, -0.1) is 11.6 Å². The number of hydrogen-bond acceptors (Lipinski definition) is 5. The van der Waals surface area contributed by atoms with Crippen LogP contribution in [0.25, 0.3) is 0 Å². The average Bonchev–Trinajstić information content (AvgIpc) is 2.85. The number of carbonyl (C=O) groups excluding carboxylic acids is 1. The topological polar surface area (TPSA) is 91.8 Å². The number of rotatable bonds is 9. The first-order valence-electron chi connectivity index (χ1n) is 6.87. The molecule has 2 amide bonds. The number of nitrogens with zero attached hydrogens (tertiary/aromatic N) is 2. The van der Waals surface area contributed by atoms with Crippen LogP contribution in [0.2, 0.25) is 0 Å². The summed E-state index contributed by atoms with van der Waals surface area (Å²) in [4.78, 5) is 24.3. The highest BCUT2D eigenvalue weighted by Crippen LogP contribution is 2.30. The standard InChI is InChI=1S/C13H20ClN3O4S/c1-17(2)13(20)15-11-9(12(18)19)10(16-22-11)21-8-6-4-3-5-7-14/h3-8H2,1-2H3,(H,15,20)(H,18,19). The maximum absolute atomic E-state index is 11.6. The molecule has 1 aromatic heterocycles. The summed E-state index contributed by atoms with van der Waals surface area (Å²) in [7, 11) is 3.13. The number of amides is 2. The van der Waals surface area contributed by atoms with Gasteiger partial charge in [0.1, 0.15) is 5.00 Å². The van der Waals surface area contributed by atoms with E-state index < -0.39 is 12.0 Å². The normalized spacial score (nSPS) is 10.3. The van der Waals surface area contributed by atoms with Crippen molar-refractivity contribution in [2.24, 2.45) is 0 Å². The Morgan fingerprint density at radius 2 is 2.00 bits per heavy atom. The molecule has 0 aromatic carbocycles. The van der Waals surface area contributed by atoms with E-state index in [-0.39, 0.29) is 16.4 Å². The summed E-state index contributed by atoms with van der Waals surface area (Å²) < 4.78 is 9.39. The van der Waals surface area contributed by atoms with Crippen molar-refractivity contribution < 1.29 is 19.4 Å². The lowest BCUT2D eigenvalue weighted by atomic mass is 10.2. The van der Waals surface area contributed by atoms with Gasteiger partial charge in [0, 0.05) is 20.0 Å². The van der Waals surface area contributed by atoms with E-state index in [4.69, 9.17) is 16.3 Å². The average molecular weight is 350 g/mol. The number of carboxylic acids is 1. The van der Waals surface area contributed by atoms with Crippen LogP contribution in [0.5, 0.6) is 5.88 Å². The first-order valence-corrected chi connectivity index (χ1v) is 8.18. The lowest BCUT2D eigenvalue weighted by molar-refractivity contribution is 0.0693. The van der Waals surface area contributed by atoms with Crippen LogP contribution in [-0.2, 0) is 0 Å². The van der Waals surface area contributed by atoms with E-state index in [0.717, 1.165) is 37.2 Å². The van der Waals surface area contributed by atoms with Crippen molar-refractivity contribution in [3.05, 3.63) is 5.56 Å². The number of hydrogen-bond donors (Lipinski definition) is 2. The monoisotopic (exact) mass is 349 g/mol. The summed E-state index contributed by atoms with van der Waals surface area (Å²) in [5.74, 6) is -0.491. The number of urea groups is 1. The highest BCUT2D eigenvalue weighted by atomic mass is 35.5. The predicted octanol–water partition coefficient (Wildman–Crippen LogP) is 3.11. The minimum Gasteiger partial charge on any atom is -0.477 e. The van der Waals surface area contributed by atoms with Gasteiger partial charge in [-0.1, -0.05) is 12.8 Å². The van der Waals surface area contributed by atoms with E-state index in [1.165, 1.54) is 4.90 Å². The van der Waals surface area contributed by atoms with Gasteiger partial charge in [0.2, 0.25) is 5.88 Å². The Morgan fingerprint density at radius 1 is 1.32 bits per heavy atom. The molecule has 0 atom stereocenters. The van der Waals surface area contributed by atoms with Gasteiger partial charge in [-0.05, 0) is 24.4 Å². The zero-order valence-electron chi connectivity index (χ0n) is 12.6. The summed E-state index contributed by atoms with van der Waals surface area (Å²) in [6.07, 6.45) is 3.73. The highest BCUT2D eigenvalue weighted by molar-refractivity contribution is 7.11. The van der Waals surface area contributed by atoms with Crippen molar-refractivity contribution in [2.45, 2.75) is 25.7 Å². The van der Waals surface area contributed by atoms with Crippen LogP contribution in [0.3, 0.4) is 0 Å². The Bertz CT molecular complexity index is 507. The van der Waals surface area contributed by atoms with Crippen molar-refractivity contribution in [3.8, 4) is 5.88 Å². The largest absolute Gasteiger partial charge is 0.477 e. The third kappa shape index (κ3) is 5.69. The molecule has 0 saturated carbocycles. The van der Waals surface area contributed by atoms with E-state index >= 15 is 0 Å². The Hall–Kier alpha value is -1.54. The maximum atomic E-state index is 11.6. The van der Waals surface area contributed by atoms with Gasteiger partial charge in [0.15, 0.2) is 5.56 Å². The molecule has 0 aliphatic rings. The van der Waals surface area contributed by atoms with Gasteiger partial charge in [-0.2, -0.15) is 4.37 Å². The molecule has 0 fully saturated rings. The Morgan fingerprint density at radius 3 is 2.59 bits per heavy atom. The van der Waals surface area contributed by atoms with Crippen molar-refractivity contribution in [2.75, 3.05) is 31.9 Å². The number of alkyl halides is 1. The number of nitrogens with one attached hydrogen (secondary N) is 1. The Labute approximate surface area is 138 Å². The lowest BCUT2D eigenvalue weighted by Crippen LogP contribution is -2.27. The second-order valence-corrected chi connectivity index (χ2v) is 5.92. The van der Waals surface area contributed by atoms with Crippen molar-refractivity contribution in [1.82, 2.24) is 9.27 Å². The zero-order chi connectivity index (χ0) is 16.5. The van der Waals surface area contributed by atoms with Crippen LogP contribution in [0, 0.1) is 0 Å². The molecule has 0 radical (unpaired) electrons. The van der Waals surface area contributed by atoms with E-state index in [2.05, 4.69) is 9.69 Å². The first-order chi connectivity index (χ1) is 10.5. The number of ether oxygens (including phenoxy) is 1. The van der Waals surface area contributed by atoms with Gasteiger partial charge in [-0.25, -0.2) is 9.59 Å². The van der Waals surface area contributed by atoms with E-state index in [1.807, 2.05) is 0 Å². The van der Waals surface area contributed by atoms with Crippen molar-refractivity contribution >= 4 is 40.1 Å². The van der Waals surface area contributed by atoms with Crippen molar-refractivity contribution in [3.63, 3.8) is 0 Å². The summed E-state index contributed by atoms with van der Waals surface area (Å²) in [5.41, 5.74) is -0.110. The molecule has 0 spiro atoms. The number of aromatic nitrogens is 1. The van der Waals surface area contributed by atoms with Crippen LogP contribution >= 0.6 is 23.1 Å². The minimum atomic E-state index is -1.18.